The van der Waals surface area contributed by atoms with Crippen molar-refractivity contribution in [3.8, 4) is 0 Å². The number of ether oxygens (including phenoxy) is 2. The molecule has 2 rings (SSSR count). The molecule has 0 aliphatic heterocycles. The van der Waals surface area contributed by atoms with Crippen molar-refractivity contribution < 1.29 is 32.2 Å². The Morgan fingerprint density at radius 2 is 1.73 bits per heavy atom. The van der Waals surface area contributed by atoms with Crippen molar-refractivity contribution in [1.29, 1.82) is 0 Å². The molecule has 0 unspecified atom stereocenters. The summed E-state index contributed by atoms with van der Waals surface area (Å²) in [6.45, 7) is 9.24. The predicted octanol–water partition coefficient (Wildman–Crippen LogP) is 7.70. The number of carbonyl (C=O) groups excluding carboxylic acids is 2. The van der Waals surface area contributed by atoms with Crippen LogP contribution in [0.15, 0.2) is 72.3 Å². The number of alkyl halides is 3. The summed E-state index contributed by atoms with van der Waals surface area (Å²) in [7, 11) is 0.825. The molecule has 0 bridgehead atoms. The number of rotatable bonds is 13. The van der Waals surface area contributed by atoms with Gasteiger partial charge in [0.25, 0.3) is 5.60 Å². The number of unbranched alkanes of at least 4 members (excludes halogenated alkanes) is 1. The minimum atomic E-state index is -5.08. The van der Waals surface area contributed by atoms with Gasteiger partial charge in [-0.1, -0.05) is 84.0 Å². The molecule has 0 aliphatic rings. The molecule has 0 aromatic heterocycles. The van der Waals surface area contributed by atoms with Gasteiger partial charge in [0.1, 0.15) is 6.10 Å². The van der Waals surface area contributed by atoms with E-state index in [4.69, 9.17) is 9.47 Å². The lowest BCUT2D eigenvalue weighted by molar-refractivity contribution is -0.278. The van der Waals surface area contributed by atoms with Gasteiger partial charge < -0.3 is 14.8 Å². The zero-order valence-corrected chi connectivity index (χ0v) is 24.6. The van der Waals surface area contributed by atoms with E-state index >= 15 is 0 Å². The number of halogens is 3. The number of nitrogens with one attached hydrogen (secondary N) is 1. The highest BCUT2D eigenvalue weighted by Crippen LogP contribution is 2.43. The fourth-order valence-corrected chi connectivity index (χ4v) is 4.59. The molecule has 2 aromatic rings. The smallest absolute Gasteiger partial charge is 0.432 e. The Kier molecular flexibility index (Phi) is 12.6. The second kappa shape index (κ2) is 15.4. The summed E-state index contributed by atoms with van der Waals surface area (Å²) in [5.41, 5.74) is 1.91. The number of hydrogen-bond donors (Lipinski definition) is 1. The summed E-state index contributed by atoms with van der Waals surface area (Å²) in [6, 6.07) is 13.0. The Labute approximate surface area is 241 Å². The van der Waals surface area contributed by atoms with Gasteiger partial charge in [0, 0.05) is 19.6 Å². The summed E-state index contributed by atoms with van der Waals surface area (Å²) in [4.78, 5) is 24.6. The Balaban J connectivity index is 2.17. The minimum Gasteiger partial charge on any atom is -0.458 e. The molecule has 0 aliphatic carbocycles. The third-order valence-electron chi connectivity index (χ3n) is 6.64. The van der Waals surface area contributed by atoms with E-state index in [0.29, 0.717) is 12.8 Å². The number of allylic oxidation sites excluding steroid dienone is 5. The lowest BCUT2D eigenvalue weighted by Crippen LogP contribution is -2.53. The fourth-order valence-electron chi connectivity index (χ4n) is 4.59. The predicted molar refractivity (Wildman–Crippen MR) is 157 cm³/mol. The van der Waals surface area contributed by atoms with Gasteiger partial charge in [-0.2, -0.15) is 13.2 Å². The van der Waals surface area contributed by atoms with Crippen LogP contribution in [0.1, 0.15) is 69.2 Å². The van der Waals surface area contributed by atoms with Crippen LogP contribution in [-0.4, -0.2) is 37.8 Å². The maximum atomic E-state index is 14.3. The van der Waals surface area contributed by atoms with E-state index in [1.54, 1.807) is 6.07 Å². The molecule has 0 fully saturated rings. The van der Waals surface area contributed by atoms with E-state index in [1.807, 2.05) is 32.9 Å². The van der Waals surface area contributed by atoms with Crippen LogP contribution in [0.2, 0.25) is 0 Å². The van der Waals surface area contributed by atoms with Crippen molar-refractivity contribution >= 4 is 23.5 Å². The largest absolute Gasteiger partial charge is 0.458 e. The molecular weight excluding hydrogens is 531 g/mol. The summed E-state index contributed by atoms with van der Waals surface area (Å²) in [6.07, 6.45) is 3.51. The number of methoxy groups -OCH3 is 1. The van der Waals surface area contributed by atoms with Crippen LogP contribution < -0.4 is 5.32 Å². The van der Waals surface area contributed by atoms with Crippen molar-refractivity contribution in [2.24, 2.45) is 0 Å². The fraction of sp³-hybridized carbons (Fsp3) is 0.394. The Morgan fingerprint density at radius 1 is 1.05 bits per heavy atom. The molecule has 0 spiro atoms. The van der Waals surface area contributed by atoms with Crippen molar-refractivity contribution in [2.75, 3.05) is 13.7 Å². The molecule has 222 valence electrons. The molecular formula is C33H40F3NO4. The van der Waals surface area contributed by atoms with E-state index in [-0.39, 0.29) is 24.4 Å². The van der Waals surface area contributed by atoms with E-state index < -0.39 is 23.9 Å². The third kappa shape index (κ3) is 9.18. The first-order valence-corrected chi connectivity index (χ1v) is 13.6. The minimum absolute atomic E-state index is 0.115. The third-order valence-corrected chi connectivity index (χ3v) is 6.64. The molecule has 5 nitrogen and oxygen atoms in total. The van der Waals surface area contributed by atoms with E-state index in [9.17, 15) is 22.8 Å². The van der Waals surface area contributed by atoms with Gasteiger partial charge in [-0.3, -0.25) is 4.79 Å². The van der Waals surface area contributed by atoms with Gasteiger partial charge in [0.05, 0.1) is 6.54 Å². The number of aryl methyl sites for hydroxylation is 1. The molecule has 1 N–H and O–H groups in total. The van der Waals surface area contributed by atoms with Gasteiger partial charge >= 0.3 is 12.1 Å². The molecule has 41 heavy (non-hydrogen) atoms. The quantitative estimate of drug-likeness (QED) is 0.152. The van der Waals surface area contributed by atoms with Crippen LogP contribution in [0, 0.1) is 6.92 Å². The van der Waals surface area contributed by atoms with Crippen LogP contribution >= 0.6 is 0 Å². The summed E-state index contributed by atoms with van der Waals surface area (Å²) in [5.74, 6) is -1.96. The first kappa shape index (κ1) is 33.6. The zero-order valence-electron chi connectivity index (χ0n) is 24.6. The normalized spacial score (nSPS) is 15.0. The summed E-state index contributed by atoms with van der Waals surface area (Å²) in [5, 5.41) is 2.54. The number of amides is 1. The highest BCUT2D eigenvalue weighted by Gasteiger charge is 2.64. The molecule has 0 saturated heterocycles. The van der Waals surface area contributed by atoms with Gasteiger partial charge in [-0.05, 0) is 63.7 Å². The standard InChI is InChI=1S/C33H40F3NO4/c1-7-13-27-21-24(3)18-19-30(27)25(4)20-23(2)14-11-12-17-29(22-37-26(5)38)41-31(39)32(40-6,33(34,35)36)28-15-9-8-10-16-28/h7-10,13-16,18-21,29H,11-12,17,22H2,1-6H3,(H,37,38)/b13-7-,23-14+,25-20-/t29-,32+/m0/s1. The number of benzene rings is 2. The van der Waals surface area contributed by atoms with Crippen molar-refractivity contribution in [3.05, 3.63) is 94.6 Å². The summed E-state index contributed by atoms with van der Waals surface area (Å²) >= 11 is 0. The lowest BCUT2D eigenvalue weighted by atomic mass is 9.92. The van der Waals surface area contributed by atoms with E-state index in [0.717, 1.165) is 29.4 Å². The maximum Gasteiger partial charge on any atom is 0.432 e. The van der Waals surface area contributed by atoms with Gasteiger partial charge in [0.2, 0.25) is 5.91 Å². The Bertz CT molecular complexity index is 1260. The topological polar surface area (TPSA) is 64.6 Å². The van der Waals surface area contributed by atoms with Crippen molar-refractivity contribution in [1.82, 2.24) is 5.32 Å². The molecule has 8 heteroatoms. The average molecular weight is 572 g/mol. The molecule has 0 radical (unpaired) electrons. The SMILES string of the molecule is C/C=C\c1cc(C)ccc1/C(C)=C\C(C)=C\CCC[C@@H](CNC(C)=O)OC(=O)[C@](OC)(c1ccccc1)C(F)(F)F. The van der Waals surface area contributed by atoms with E-state index in [1.165, 1.54) is 36.8 Å². The van der Waals surface area contributed by atoms with E-state index in [2.05, 4.69) is 42.6 Å². The highest BCUT2D eigenvalue weighted by molar-refractivity contribution is 5.83. The molecule has 2 atom stereocenters. The van der Waals surface area contributed by atoms with Crippen LogP contribution in [-0.2, 0) is 24.7 Å². The van der Waals surface area contributed by atoms with Gasteiger partial charge in [0.15, 0.2) is 0 Å². The first-order chi connectivity index (χ1) is 19.3. The molecule has 0 saturated carbocycles. The van der Waals surface area contributed by atoms with Gasteiger partial charge in [-0.15, -0.1) is 0 Å². The van der Waals surface area contributed by atoms with Crippen LogP contribution in [0.3, 0.4) is 0 Å². The maximum absolute atomic E-state index is 14.3. The average Bonchev–Trinajstić information content (AvgIpc) is 2.90. The first-order valence-electron chi connectivity index (χ1n) is 13.6. The second-order valence-electron chi connectivity index (χ2n) is 10.0. The zero-order chi connectivity index (χ0) is 30.6. The van der Waals surface area contributed by atoms with Gasteiger partial charge in [-0.25, -0.2) is 4.79 Å². The lowest BCUT2D eigenvalue weighted by Gasteiger charge is -2.33. The van der Waals surface area contributed by atoms with Crippen molar-refractivity contribution in [2.45, 2.75) is 71.8 Å². The van der Waals surface area contributed by atoms with Crippen LogP contribution in [0.4, 0.5) is 13.2 Å². The monoisotopic (exact) mass is 571 g/mol. The summed E-state index contributed by atoms with van der Waals surface area (Å²) < 4.78 is 53.0. The number of esters is 1. The molecule has 2 aromatic carbocycles. The number of carbonyl (C=O) groups is 2. The highest BCUT2D eigenvalue weighted by atomic mass is 19.4. The Morgan fingerprint density at radius 3 is 2.32 bits per heavy atom. The second-order valence-corrected chi connectivity index (χ2v) is 10.0. The molecule has 0 heterocycles. The Hall–Kier alpha value is -3.65. The number of hydrogen-bond acceptors (Lipinski definition) is 4. The van der Waals surface area contributed by atoms with Crippen molar-refractivity contribution in [3.63, 3.8) is 0 Å². The van der Waals surface area contributed by atoms with Crippen LogP contribution in [0.5, 0.6) is 0 Å². The molecule has 1 amide bonds. The van der Waals surface area contributed by atoms with Crippen LogP contribution in [0.25, 0.3) is 11.6 Å².